The van der Waals surface area contributed by atoms with Crippen LogP contribution in [0.3, 0.4) is 0 Å². The van der Waals surface area contributed by atoms with Gasteiger partial charge >= 0.3 is 5.97 Å². The standard InChI is InChI=1S/C21H17NO4/c1-26-12-15-16-11-10-14(13-6-3-2-4-7-13)19(15)21(16,25)18-9-5-8-17(22-18)20(23)24/h2-11,25H,12H2,1H3,(H,23,24). The number of nitrogens with zero attached hydrogens (tertiary/aromatic N) is 1. The minimum atomic E-state index is -1.43. The topological polar surface area (TPSA) is 79.7 Å². The van der Waals surface area contributed by atoms with Gasteiger partial charge in [-0.2, -0.15) is 0 Å². The van der Waals surface area contributed by atoms with E-state index < -0.39 is 11.6 Å². The van der Waals surface area contributed by atoms with Crippen molar-refractivity contribution in [1.29, 1.82) is 0 Å². The molecule has 1 aliphatic rings. The van der Waals surface area contributed by atoms with E-state index in [2.05, 4.69) is 4.98 Å². The molecule has 1 unspecified atom stereocenters. The molecule has 1 heterocycles. The molecule has 3 aromatic rings. The van der Waals surface area contributed by atoms with Gasteiger partial charge in [-0.3, -0.25) is 0 Å². The molecule has 2 bridgehead atoms. The molecule has 0 spiro atoms. The van der Waals surface area contributed by atoms with Gasteiger partial charge in [-0.1, -0.05) is 48.5 Å². The lowest BCUT2D eigenvalue weighted by molar-refractivity contribution is 0.0684. The van der Waals surface area contributed by atoms with Crippen molar-refractivity contribution in [2.75, 3.05) is 7.11 Å². The number of carboxylic acid groups (broad SMARTS) is 1. The fraction of sp³-hybridized carbons (Fsp3) is 0.143. The summed E-state index contributed by atoms with van der Waals surface area (Å²) in [5.74, 6) is -1.13. The van der Waals surface area contributed by atoms with Crippen molar-refractivity contribution in [3.8, 4) is 11.1 Å². The van der Waals surface area contributed by atoms with Crippen molar-refractivity contribution in [3.05, 3.63) is 88.7 Å². The number of fused-ring (bicyclic) bond motifs is 2. The van der Waals surface area contributed by atoms with Crippen LogP contribution in [-0.4, -0.2) is 28.3 Å². The van der Waals surface area contributed by atoms with Crippen LogP contribution in [0.4, 0.5) is 0 Å². The number of aromatic nitrogens is 1. The number of carbonyl (C=O) groups is 1. The Bertz CT molecular complexity index is 1000. The molecule has 26 heavy (non-hydrogen) atoms. The van der Waals surface area contributed by atoms with Gasteiger partial charge in [-0.15, -0.1) is 0 Å². The predicted octanol–water partition coefficient (Wildman–Crippen LogP) is 3.19. The Morgan fingerprint density at radius 2 is 1.85 bits per heavy atom. The van der Waals surface area contributed by atoms with Crippen molar-refractivity contribution in [3.63, 3.8) is 0 Å². The third kappa shape index (κ3) is 2.25. The predicted molar refractivity (Wildman–Crippen MR) is 95.9 cm³/mol. The first-order valence-corrected chi connectivity index (χ1v) is 8.21. The first-order valence-electron chi connectivity index (χ1n) is 8.21. The largest absolute Gasteiger partial charge is 0.477 e. The zero-order valence-corrected chi connectivity index (χ0v) is 14.1. The van der Waals surface area contributed by atoms with E-state index in [1.165, 1.54) is 6.07 Å². The monoisotopic (exact) mass is 347 g/mol. The Morgan fingerprint density at radius 1 is 1.08 bits per heavy atom. The average Bonchev–Trinajstić information content (AvgIpc) is 2.68. The lowest BCUT2D eigenvalue weighted by atomic mass is 9.65. The van der Waals surface area contributed by atoms with Crippen LogP contribution in [0, 0.1) is 0 Å². The van der Waals surface area contributed by atoms with Crippen LogP contribution in [0.25, 0.3) is 11.1 Å². The van der Waals surface area contributed by atoms with E-state index in [-0.39, 0.29) is 5.69 Å². The fourth-order valence-corrected chi connectivity index (χ4v) is 3.65. The molecule has 5 heteroatoms. The first-order chi connectivity index (χ1) is 12.6. The van der Waals surface area contributed by atoms with Gasteiger partial charge in [-0.05, 0) is 28.8 Å². The van der Waals surface area contributed by atoms with Crippen LogP contribution >= 0.6 is 0 Å². The molecule has 0 radical (unpaired) electrons. The number of ether oxygens (including phenoxy) is 1. The third-order valence-electron chi connectivity index (χ3n) is 4.78. The van der Waals surface area contributed by atoms with Gasteiger partial charge in [0.05, 0.1) is 12.3 Å². The summed E-state index contributed by atoms with van der Waals surface area (Å²) in [4.78, 5) is 15.5. The quantitative estimate of drug-likeness (QED) is 0.741. The molecule has 1 aromatic heterocycles. The maximum atomic E-state index is 11.5. The number of aromatic carboxylic acids is 1. The summed E-state index contributed by atoms with van der Waals surface area (Å²) in [5.41, 5.74) is 2.97. The summed E-state index contributed by atoms with van der Waals surface area (Å²) in [7, 11) is 1.61. The zero-order valence-electron chi connectivity index (χ0n) is 14.1. The molecule has 0 saturated carbocycles. The van der Waals surface area contributed by atoms with E-state index in [0.717, 1.165) is 22.3 Å². The van der Waals surface area contributed by atoms with Crippen LogP contribution in [0.1, 0.15) is 32.9 Å². The van der Waals surface area contributed by atoms with Crippen molar-refractivity contribution >= 4 is 5.97 Å². The molecule has 2 aromatic carbocycles. The number of rotatable bonds is 5. The highest BCUT2D eigenvalue weighted by Gasteiger charge is 2.49. The number of hydrogen-bond donors (Lipinski definition) is 2. The summed E-state index contributed by atoms with van der Waals surface area (Å²) in [6.45, 7) is 0.367. The second-order valence-corrected chi connectivity index (χ2v) is 6.24. The molecule has 1 aliphatic carbocycles. The fourth-order valence-electron chi connectivity index (χ4n) is 3.65. The highest BCUT2D eigenvalue weighted by atomic mass is 16.5. The number of hydrogen-bond acceptors (Lipinski definition) is 4. The number of pyridine rings is 1. The number of aliphatic hydroxyl groups is 1. The van der Waals surface area contributed by atoms with Crippen LogP contribution < -0.4 is 0 Å². The van der Waals surface area contributed by atoms with Crippen LogP contribution in [0.2, 0.25) is 0 Å². The minimum Gasteiger partial charge on any atom is -0.477 e. The van der Waals surface area contributed by atoms with Gasteiger partial charge in [0.25, 0.3) is 0 Å². The minimum absolute atomic E-state index is 0.0966. The van der Waals surface area contributed by atoms with E-state index in [1.807, 2.05) is 42.5 Å². The summed E-state index contributed by atoms with van der Waals surface area (Å²) < 4.78 is 5.31. The number of carboxylic acids is 1. The Labute approximate surface area is 150 Å². The van der Waals surface area contributed by atoms with Gasteiger partial charge in [0.15, 0.2) is 5.60 Å². The summed E-state index contributed by atoms with van der Waals surface area (Å²) >= 11 is 0. The molecule has 0 aliphatic heterocycles. The smallest absolute Gasteiger partial charge is 0.354 e. The Hall–Kier alpha value is -3.02. The molecule has 2 N–H and O–H groups in total. The Morgan fingerprint density at radius 3 is 2.54 bits per heavy atom. The van der Waals surface area contributed by atoms with Gasteiger partial charge in [0.1, 0.15) is 5.69 Å². The molecule has 0 amide bonds. The molecule has 4 rings (SSSR count). The van der Waals surface area contributed by atoms with Gasteiger partial charge in [0.2, 0.25) is 0 Å². The van der Waals surface area contributed by atoms with Crippen molar-refractivity contribution in [1.82, 2.24) is 4.98 Å². The lowest BCUT2D eigenvalue weighted by Gasteiger charge is -2.43. The van der Waals surface area contributed by atoms with E-state index in [4.69, 9.17) is 4.74 Å². The zero-order chi connectivity index (χ0) is 18.3. The SMILES string of the molecule is COCc1c2ccc(-c3ccccc3)c1C2(O)c1cccc(C(=O)O)n1. The van der Waals surface area contributed by atoms with Crippen molar-refractivity contribution in [2.45, 2.75) is 12.2 Å². The Kier molecular flexibility index (Phi) is 3.83. The summed E-state index contributed by atoms with van der Waals surface area (Å²) in [6, 6.07) is 18.2. The van der Waals surface area contributed by atoms with Gasteiger partial charge in [0, 0.05) is 18.2 Å². The highest BCUT2D eigenvalue weighted by molar-refractivity contribution is 5.85. The summed E-state index contributed by atoms with van der Waals surface area (Å²) in [6.07, 6.45) is 0. The van der Waals surface area contributed by atoms with Crippen LogP contribution in [-0.2, 0) is 16.9 Å². The Balaban J connectivity index is 1.91. The average molecular weight is 347 g/mol. The second kappa shape index (κ2) is 6.05. The van der Waals surface area contributed by atoms with Crippen molar-refractivity contribution in [2.24, 2.45) is 0 Å². The van der Waals surface area contributed by atoms with E-state index in [1.54, 1.807) is 19.2 Å². The first kappa shape index (κ1) is 16.4. The molecule has 1 atom stereocenters. The molecular weight excluding hydrogens is 330 g/mol. The molecule has 0 fully saturated rings. The van der Waals surface area contributed by atoms with E-state index in [9.17, 15) is 15.0 Å². The molecular formula is C21H17NO4. The van der Waals surface area contributed by atoms with Gasteiger partial charge in [-0.25, -0.2) is 9.78 Å². The van der Waals surface area contributed by atoms with Crippen LogP contribution in [0.15, 0.2) is 60.7 Å². The maximum Gasteiger partial charge on any atom is 0.354 e. The highest BCUT2D eigenvalue weighted by Crippen LogP contribution is 2.53. The van der Waals surface area contributed by atoms with E-state index >= 15 is 0 Å². The number of methoxy groups -OCH3 is 1. The summed E-state index contributed by atoms with van der Waals surface area (Å²) in [5, 5.41) is 20.8. The molecule has 0 saturated heterocycles. The lowest BCUT2D eigenvalue weighted by Crippen LogP contribution is -2.41. The van der Waals surface area contributed by atoms with Gasteiger partial charge < -0.3 is 14.9 Å². The van der Waals surface area contributed by atoms with Crippen LogP contribution in [0.5, 0.6) is 0 Å². The van der Waals surface area contributed by atoms with E-state index in [0.29, 0.717) is 17.9 Å². The number of benzene rings is 2. The van der Waals surface area contributed by atoms with Crippen molar-refractivity contribution < 1.29 is 19.7 Å². The molecule has 5 nitrogen and oxygen atoms in total. The second-order valence-electron chi connectivity index (χ2n) is 6.24. The maximum absolute atomic E-state index is 11.5. The normalized spacial score (nSPS) is 17.6. The molecule has 130 valence electrons. The third-order valence-corrected chi connectivity index (χ3v) is 4.78.